The van der Waals surface area contributed by atoms with Crippen molar-refractivity contribution >= 4 is 43.8 Å². The van der Waals surface area contributed by atoms with Gasteiger partial charge in [0.05, 0.1) is 18.2 Å². The molecular weight excluding hydrogens is 394 g/mol. The Labute approximate surface area is 149 Å². The van der Waals surface area contributed by atoms with Gasteiger partial charge in [-0.05, 0) is 33.6 Å². The maximum Gasteiger partial charge on any atom is 0.260 e. The second-order valence-corrected chi connectivity index (χ2v) is 7.69. The third-order valence-corrected chi connectivity index (χ3v) is 4.81. The number of anilines is 1. The molecule has 0 aliphatic rings. The predicted octanol–water partition coefficient (Wildman–Crippen LogP) is 2.37. The SMILES string of the molecule is CS(=O)(=O)N(CC(=O)N/N=C\c1ccccc1)c1ccccc1Br. The van der Waals surface area contributed by atoms with Crippen LogP contribution in [-0.2, 0) is 14.8 Å². The lowest BCUT2D eigenvalue weighted by Crippen LogP contribution is -2.39. The zero-order valence-electron chi connectivity index (χ0n) is 12.9. The lowest BCUT2D eigenvalue weighted by Gasteiger charge is -2.22. The van der Waals surface area contributed by atoms with Crippen LogP contribution >= 0.6 is 15.9 Å². The summed E-state index contributed by atoms with van der Waals surface area (Å²) < 4.78 is 25.6. The number of hydrogen-bond acceptors (Lipinski definition) is 4. The van der Waals surface area contributed by atoms with Gasteiger partial charge < -0.3 is 0 Å². The first-order chi connectivity index (χ1) is 11.4. The molecule has 6 nitrogen and oxygen atoms in total. The zero-order chi connectivity index (χ0) is 17.6. The van der Waals surface area contributed by atoms with Crippen LogP contribution in [-0.4, -0.2) is 33.3 Å². The van der Waals surface area contributed by atoms with E-state index in [-0.39, 0.29) is 6.54 Å². The van der Waals surface area contributed by atoms with Gasteiger partial charge in [0.25, 0.3) is 5.91 Å². The fourth-order valence-corrected chi connectivity index (χ4v) is 3.40. The summed E-state index contributed by atoms with van der Waals surface area (Å²) in [4.78, 5) is 12.0. The summed E-state index contributed by atoms with van der Waals surface area (Å²) in [6.07, 6.45) is 2.54. The smallest absolute Gasteiger partial charge is 0.260 e. The molecule has 0 aliphatic carbocycles. The Bertz CT molecular complexity index is 839. The van der Waals surface area contributed by atoms with Gasteiger partial charge in [0.15, 0.2) is 0 Å². The summed E-state index contributed by atoms with van der Waals surface area (Å²) in [5, 5.41) is 3.83. The predicted molar refractivity (Wildman–Crippen MR) is 98.5 cm³/mol. The molecule has 0 spiro atoms. The van der Waals surface area contributed by atoms with Crippen LogP contribution in [0, 0.1) is 0 Å². The summed E-state index contributed by atoms with van der Waals surface area (Å²) in [5.41, 5.74) is 3.55. The number of nitrogens with zero attached hydrogens (tertiary/aromatic N) is 2. The van der Waals surface area contributed by atoms with E-state index in [1.807, 2.05) is 30.3 Å². The number of rotatable bonds is 6. The molecule has 1 N–H and O–H groups in total. The Hall–Kier alpha value is -2.19. The molecule has 8 heteroatoms. The summed E-state index contributed by atoms with van der Waals surface area (Å²) >= 11 is 3.30. The van der Waals surface area contributed by atoms with Crippen molar-refractivity contribution in [2.75, 3.05) is 17.1 Å². The molecular formula is C16H16BrN3O3S. The van der Waals surface area contributed by atoms with Crippen molar-refractivity contribution in [2.24, 2.45) is 5.10 Å². The van der Waals surface area contributed by atoms with E-state index in [1.165, 1.54) is 6.21 Å². The highest BCUT2D eigenvalue weighted by Gasteiger charge is 2.22. The highest BCUT2D eigenvalue weighted by molar-refractivity contribution is 9.10. The number of para-hydroxylation sites is 1. The molecule has 1 amide bonds. The lowest BCUT2D eigenvalue weighted by atomic mass is 10.2. The highest BCUT2D eigenvalue weighted by Crippen LogP contribution is 2.27. The fraction of sp³-hybridized carbons (Fsp3) is 0.125. The molecule has 0 heterocycles. The second-order valence-electron chi connectivity index (χ2n) is 4.92. The van der Waals surface area contributed by atoms with Crippen LogP contribution in [0.2, 0.25) is 0 Å². The van der Waals surface area contributed by atoms with Crippen molar-refractivity contribution in [1.82, 2.24) is 5.43 Å². The van der Waals surface area contributed by atoms with Crippen molar-refractivity contribution < 1.29 is 13.2 Å². The lowest BCUT2D eigenvalue weighted by molar-refractivity contribution is -0.119. The molecule has 126 valence electrons. The summed E-state index contributed by atoms with van der Waals surface area (Å²) in [6, 6.07) is 16.0. The molecule has 24 heavy (non-hydrogen) atoms. The second kappa shape index (κ2) is 8.07. The average Bonchev–Trinajstić information content (AvgIpc) is 2.53. The molecule has 0 aliphatic heterocycles. The average molecular weight is 410 g/mol. The Kier molecular flexibility index (Phi) is 6.10. The number of hydrazone groups is 1. The largest absolute Gasteiger partial charge is 0.271 e. The first-order valence-corrected chi connectivity index (χ1v) is 9.61. The number of amides is 1. The van der Waals surface area contributed by atoms with E-state index in [0.717, 1.165) is 16.1 Å². The van der Waals surface area contributed by atoms with E-state index in [9.17, 15) is 13.2 Å². The van der Waals surface area contributed by atoms with Crippen LogP contribution in [0.25, 0.3) is 0 Å². The van der Waals surface area contributed by atoms with Crippen molar-refractivity contribution in [3.8, 4) is 0 Å². The number of nitrogens with one attached hydrogen (secondary N) is 1. The van der Waals surface area contributed by atoms with Crippen LogP contribution in [0.5, 0.6) is 0 Å². The minimum atomic E-state index is -3.62. The van der Waals surface area contributed by atoms with Crippen molar-refractivity contribution in [3.63, 3.8) is 0 Å². The normalized spacial score (nSPS) is 11.4. The number of carbonyl (C=O) groups excluding carboxylic acids is 1. The topological polar surface area (TPSA) is 78.8 Å². The van der Waals surface area contributed by atoms with Crippen LogP contribution in [0.4, 0.5) is 5.69 Å². The molecule has 0 fully saturated rings. The van der Waals surface area contributed by atoms with E-state index >= 15 is 0 Å². The number of hydrogen-bond donors (Lipinski definition) is 1. The zero-order valence-corrected chi connectivity index (χ0v) is 15.3. The van der Waals surface area contributed by atoms with E-state index < -0.39 is 15.9 Å². The molecule has 0 atom stereocenters. The van der Waals surface area contributed by atoms with Gasteiger partial charge >= 0.3 is 0 Å². The van der Waals surface area contributed by atoms with E-state index in [1.54, 1.807) is 24.3 Å². The van der Waals surface area contributed by atoms with Crippen LogP contribution in [0.3, 0.4) is 0 Å². The quantitative estimate of drug-likeness (QED) is 0.587. The van der Waals surface area contributed by atoms with Gasteiger partial charge in [-0.2, -0.15) is 5.10 Å². The molecule has 0 radical (unpaired) electrons. The van der Waals surface area contributed by atoms with Crippen molar-refractivity contribution in [1.29, 1.82) is 0 Å². The molecule has 2 rings (SSSR count). The molecule has 0 unspecified atom stereocenters. The van der Waals surface area contributed by atoms with Gasteiger partial charge in [-0.1, -0.05) is 42.5 Å². The van der Waals surface area contributed by atoms with Crippen molar-refractivity contribution in [2.45, 2.75) is 0 Å². The fourth-order valence-electron chi connectivity index (χ4n) is 1.92. The summed E-state index contributed by atoms with van der Waals surface area (Å²) in [7, 11) is -3.62. The highest BCUT2D eigenvalue weighted by atomic mass is 79.9. The first-order valence-electron chi connectivity index (χ1n) is 6.97. The molecule has 0 saturated heterocycles. The summed E-state index contributed by atoms with van der Waals surface area (Å²) in [6.45, 7) is -0.367. The van der Waals surface area contributed by atoms with Crippen LogP contribution < -0.4 is 9.73 Å². The number of sulfonamides is 1. The third-order valence-electron chi connectivity index (χ3n) is 3.01. The number of carbonyl (C=O) groups is 1. The van der Waals surface area contributed by atoms with Gasteiger partial charge in [0, 0.05) is 4.47 Å². The van der Waals surface area contributed by atoms with Gasteiger partial charge in [-0.15, -0.1) is 0 Å². The first kappa shape index (κ1) is 18.2. The van der Waals surface area contributed by atoms with Crippen molar-refractivity contribution in [3.05, 3.63) is 64.6 Å². The standard InChI is InChI=1S/C16H16BrN3O3S/c1-24(22,23)20(15-10-6-5-9-14(15)17)12-16(21)19-18-11-13-7-3-2-4-8-13/h2-11H,12H2,1H3,(H,19,21)/b18-11-. The molecule has 2 aromatic carbocycles. The number of benzene rings is 2. The van der Waals surface area contributed by atoms with Crippen LogP contribution in [0.15, 0.2) is 64.2 Å². The Morgan fingerprint density at radius 1 is 1.17 bits per heavy atom. The monoisotopic (exact) mass is 409 g/mol. The van der Waals surface area contributed by atoms with E-state index in [4.69, 9.17) is 0 Å². The Balaban J connectivity index is 2.09. The van der Waals surface area contributed by atoms with Gasteiger partial charge in [0.1, 0.15) is 6.54 Å². The minimum absolute atomic E-state index is 0.367. The molecule has 0 saturated carbocycles. The van der Waals surface area contributed by atoms with Gasteiger partial charge in [-0.25, -0.2) is 13.8 Å². The van der Waals surface area contributed by atoms with Crippen LogP contribution in [0.1, 0.15) is 5.56 Å². The van der Waals surface area contributed by atoms with E-state index in [0.29, 0.717) is 10.2 Å². The maximum atomic E-state index is 12.0. The molecule has 0 bridgehead atoms. The van der Waals surface area contributed by atoms with E-state index in [2.05, 4.69) is 26.5 Å². The third kappa shape index (κ3) is 5.17. The Morgan fingerprint density at radius 2 is 1.79 bits per heavy atom. The molecule has 2 aromatic rings. The minimum Gasteiger partial charge on any atom is -0.271 e. The summed E-state index contributed by atoms with van der Waals surface area (Å²) in [5.74, 6) is -0.539. The number of halogens is 1. The van der Waals surface area contributed by atoms with Gasteiger partial charge in [0.2, 0.25) is 10.0 Å². The Morgan fingerprint density at radius 3 is 2.42 bits per heavy atom. The van der Waals surface area contributed by atoms with Gasteiger partial charge in [-0.3, -0.25) is 9.10 Å². The molecule has 0 aromatic heterocycles. The maximum absolute atomic E-state index is 12.0.